The van der Waals surface area contributed by atoms with Crippen LogP contribution in [0.4, 0.5) is 0 Å². The van der Waals surface area contributed by atoms with E-state index in [9.17, 15) is 4.79 Å². The molecular weight excluding hydrogens is 192 g/mol. The van der Waals surface area contributed by atoms with E-state index in [1.54, 1.807) is 6.07 Å². The molecule has 1 aliphatic rings. The van der Waals surface area contributed by atoms with E-state index < -0.39 is 0 Å². The summed E-state index contributed by atoms with van der Waals surface area (Å²) in [4.78, 5) is 12.9. The SMILES string of the molecule is CCN1CCC(c2cc(C=O)no2)CC1. The lowest BCUT2D eigenvalue weighted by atomic mass is 9.94. The zero-order valence-electron chi connectivity index (χ0n) is 8.98. The van der Waals surface area contributed by atoms with Gasteiger partial charge in [-0.05, 0) is 32.5 Å². The summed E-state index contributed by atoms with van der Waals surface area (Å²) in [7, 11) is 0. The fourth-order valence-electron chi connectivity index (χ4n) is 2.09. The maximum absolute atomic E-state index is 10.5. The standard InChI is InChI=1S/C11H16N2O2/c1-2-13-5-3-9(4-6-13)11-7-10(8-14)12-15-11/h7-9H,2-6H2,1H3. The van der Waals surface area contributed by atoms with E-state index in [-0.39, 0.29) is 0 Å². The minimum absolute atomic E-state index is 0.405. The van der Waals surface area contributed by atoms with Crippen LogP contribution in [0, 0.1) is 0 Å². The van der Waals surface area contributed by atoms with Crippen molar-refractivity contribution >= 4 is 6.29 Å². The number of carbonyl (C=O) groups excluding carboxylic acids is 1. The molecule has 82 valence electrons. The number of aromatic nitrogens is 1. The zero-order valence-corrected chi connectivity index (χ0v) is 8.98. The second-order valence-corrected chi connectivity index (χ2v) is 3.98. The number of hydrogen-bond donors (Lipinski definition) is 0. The van der Waals surface area contributed by atoms with Crippen molar-refractivity contribution in [1.29, 1.82) is 0 Å². The van der Waals surface area contributed by atoms with E-state index in [1.165, 1.54) is 0 Å². The summed E-state index contributed by atoms with van der Waals surface area (Å²) < 4.78 is 5.16. The van der Waals surface area contributed by atoms with Crippen molar-refractivity contribution in [2.24, 2.45) is 0 Å². The fraction of sp³-hybridized carbons (Fsp3) is 0.636. The smallest absolute Gasteiger partial charge is 0.171 e. The van der Waals surface area contributed by atoms with Gasteiger partial charge in [0.15, 0.2) is 6.29 Å². The molecule has 4 heteroatoms. The lowest BCUT2D eigenvalue weighted by Gasteiger charge is -2.29. The van der Waals surface area contributed by atoms with Gasteiger partial charge in [-0.15, -0.1) is 0 Å². The van der Waals surface area contributed by atoms with Gasteiger partial charge < -0.3 is 9.42 Å². The number of nitrogens with zero attached hydrogens (tertiary/aromatic N) is 2. The molecule has 0 N–H and O–H groups in total. The van der Waals surface area contributed by atoms with Crippen molar-refractivity contribution < 1.29 is 9.32 Å². The van der Waals surface area contributed by atoms with Crippen molar-refractivity contribution in [3.8, 4) is 0 Å². The number of likely N-dealkylation sites (tertiary alicyclic amines) is 1. The molecule has 0 amide bonds. The molecule has 1 fully saturated rings. The first kappa shape index (κ1) is 10.4. The highest BCUT2D eigenvalue weighted by Crippen LogP contribution is 2.27. The predicted octanol–water partition coefficient (Wildman–Crippen LogP) is 1.69. The van der Waals surface area contributed by atoms with Gasteiger partial charge in [-0.2, -0.15) is 0 Å². The van der Waals surface area contributed by atoms with Crippen LogP contribution in [0.2, 0.25) is 0 Å². The molecule has 0 aliphatic carbocycles. The third-order valence-corrected chi connectivity index (χ3v) is 3.10. The van der Waals surface area contributed by atoms with Gasteiger partial charge in [-0.1, -0.05) is 12.1 Å². The number of aldehydes is 1. The topological polar surface area (TPSA) is 46.3 Å². The summed E-state index contributed by atoms with van der Waals surface area (Å²) in [5, 5.41) is 3.69. The third kappa shape index (κ3) is 2.26. The van der Waals surface area contributed by atoms with Crippen LogP contribution in [0.15, 0.2) is 10.6 Å². The van der Waals surface area contributed by atoms with Crippen LogP contribution >= 0.6 is 0 Å². The van der Waals surface area contributed by atoms with E-state index in [0.717, 1.165) is 44.5 Å². The van der Waals surface area contributed by atoms with E-state index >= 15 is 0 Å². The Morgan fingerprint density at radius 2 is 2.33 bits per heavy atom. The summed E-state index contributed by atoms with van der Waals surface area (Å²) >= 11 is 0. The molecule has 0 unspecified atom stereocenters. The molecule has 2 heterocycles. The number of carbonyl (C=O) groups is 1. The minimum Gasteiger partial charge on any atom is -0.360 e. The Labute approximate surface area is 89.2 Å². The number of rotatable bonds is 3. The van der Waals surface area contributed by atoms with Crippen LogP contribution < -0.4 is 0 Å². The maximum Gasteiger partial charge on any atom is 0.171 e. The van der Waals surface area contributed by atoms with Gasteiger partial charge in [0.2, 0.25) is 0 Å². The molecule has 4 nitrogen and oxygen atoms in total. The van der Waals surface area contributed by atoms with Gasteiger partial charge in [0.05, 0.1) is 0 Å². The molecule has 0 atom stereocenters. The highest BCUT2D eigenvalue weighted by Gasteiger charge is 2.22. The van der Waals surface area contributed by atoms with Gasteiger partial charge in [-0.3, -0.25) is 4.79 Å². The quantitative estimate of drug-likeness (QED) is 0.709. The Balaban J connectivity index is 1.97. The molecule has 1 aliphatic heterocycles. The van der Waals surface area contributed by atoms with Crippen molar-refractivity contribution in [2.45, 2.75) is 25.7 Å². The van der Waals surface area contributed by atoms with Gasteiger partial charge in [-0.25, -0.2) is 0 Å². The van der Waals surface area contributed by atoms with Crippen LogP contribution in [-0.2, 0) is 0 Å². The second kappa shape index (κ2) is 4.57. The molecule has 1 saturated heterocycles. The van der Waals surface area contributed by atoms with Crippen LogP contribution in [-0.4, -0.2) is 36.0 Å². The molecule has 15 heavy (non-hydrogen) atoms. The summed E-state index contributed by atoms with van der Waals surface area (Å²) in [5.41, 5.74) is 0.405. The van der Waals surface area contributed by atoms with Crippen molar-refractivity contribution in [3.63, 3.8) is 0 Å². The third-order valence-electron chi connectivity index (χ3n) is 3.10. The summed E-state index contributed by atoms with van der Waals surface area (Å²) in [6.45, 7) is 5.51. The molecule has 0 spiro atoms. The normalized spacial score (nSPS) is 19.3. The molecule has 0 radical (unpaired) electrons. The zero-order chi connectivity index (χ0) is 10.7. The average molecular weight is 208 g/mol. The van der Waals surface area contributed by atoms with Crippen molar-refractivity contribution in [3.05, 3.63) is 17.5 Å². The van der Waals surface area contributed by atoms with Crippen LogP contribution in [0.5, 0.6) is 0 Å². The Morgan fingerprint density at radius 3 is 2.87 bits per heavy atom. The summed E-state index contributed by atoms with van der Waals surface area (Å²) in [5.74, 6) is 1.31. The Kier molecular flexibility index (Phi) is 3.16. The lowest BCUT2D eigenvalue weighted by molar-refractivity contribution is 0.111. The first-order valence-electron chi connectivity index (χ1n) is 5.47. The van der Waals surface area contributed by atoms with Gasteiger partial charge in [0.1, 0.15) is 11.5 Å². The molecular formula is C11H16N2O2. The average Bonchev–Trinajstić information content (AvgIpc) is 2.78. The van der Waals surface area contributed by atoms with E-state index in [1.807, 2.05) is 0 Å². The highest BCUT2D eigenvalue weighted by atomic mass is 16.5. The van der Waals surface area contributed by atoms with E-state index in [4.69, 9.17) is 4.52 Å². The van der Waals surface area contributed by atoms with Crippen molar-refractivity contribution in [2.75, 3.05) is 19.6 Å². The Bertz CT molecular complexity index is 327. The van der Waals surface area contributed by atoms with Crippen LogP contribution in [0.1, 0.15) is 41.9 Å². The van der Waals surface area contributed by atoms with E-state index in [2.05, 4.69) is 17.0 Å². The maximum atomic E-state index is 10.5. The highest BCUT2D eigenvalue weighted by molar-refractivity contribution is 5.71. The van der Waals surface area contributed by atoms with Crippen LogP contribution in [0.3, 0.4) is 0 Å². The Hall–Kier alpha value is -1.16. The molecule has 0 bridgehead atoms. The first-order chi connectivity index (χ1) is 7.33. The molecule has 1 aromatic rings. The fourth-order valence-corrected chi connectivity index (χ4v) is 2.09. The first-order valence-corrected chi connectivity index (χ1v) is 5.47. The van der Waals surface area contributed by atoms with E-state index in [0.29, 0.717) is 11.6 Å². The monoisotopic (exact) mass is 208 g/mol. The number of hydrogen-bond acceptors (Lipinski definition) is 4. The molecule has 1 aromatic heterocycles. The summed E-state index contributed by atoms with van der Waals surface area (Å²) in [6.07, 6.45) is 2.93. The number of piperidine rings is 1. The van der Waals surface area contributed by atoms with Crippen LogP contribution in [0.25, 0.3) is 0 Å². The Morgan fingerprint density at radius 1 is 1.60 bits per heavy atom. The van der Waals surface area contributed by atoms with Gasteiger partial charge >= 0.3 is 0 Å². The lowest BCUT2D eigenvalue weighted by Crippen LogP contribution is -2.32. The predicted molar refractivity (Wildman–Crippen MR) is 56.0 cm³/mol. The summed E-state index contributed by atoms with van der Waals surface area (Å²) in [6, 6.07) is 1.76. The second-order valence-electron chi connectivity index (χ2n) is 3.98. The van der Waals surface area contributed by atoms with Gasteiger partial charge in [0, 0.05) is 12.0 Å². The minimum atomic E-state index is 0.405. The molecule has 0 aromatic carbocycles. The molecule has 2 rings (SSSR count). The largest absolute Gasteiger partial charge is 0.360 e. The van der Waals surface area contributed by atoms with Crippen molar-refractivity contribution in [1.82, 2.24) is 10.1 Å². The molecule has 0 saturated carbocycles. The van der Waals surface area contributed by atoms with Gasteiger partial charge in [0.25, 0.3) is 0 Å².